The highest BCUT2D eigenvalue weighted by atomic mass is 15.2. The highest BCUT2D eigenvalue weighted by Gasteiger charge is 2.36. The third-order valence-electron chi connectivity index (χ3n) is 5.67. The molecule has 3 aliphatic rings. The van der Waals surface area contributed by atoms with Crippen LogP contribution in [0, 0.1) is 5.92 Å². The van der Waals surface area contributed by atoms with Crippen molar-refractivity contribution < 1.29 is 0 Å². The van der Waals surface area contributed by atoms with E-state index in [4.69, 9.17) is 0 Å². The zero-order valence-electron chi connectivity index (χ0n) is 13.4. The lowest BCUT2D eigenvalue weighted by Crippen LogP contribution is -2.52. The summed E-state index contributed by atoms with van der Waals surface area (Å²) < 4.78 is 0. The molecule has 2 aliphatic carbocycles. The van der Waals surface area contributed by atoms with Crippen LogP contribution < -0.4 is 5.32 Å². The van der Waals surface area contributed by atoms with Crippen LogP contribution in [0.15, 0.2) is 0 Å². The van der Waals surface area contributed by atoms with Crippen LogP contribution in [0.2, 0.25) is 0 Å². The lowest BCUT2D eigenvalue weighted by molar-refractivity contribution is 0.118. The van der Waals surface area contributed by atoms with E-state index in [0.717, 1.165) is 24.0 Å². The van der Waals surface area contributed by atoms with Crippen LogP contribution in [0.5, 0.6) is 0 Å². The average Bonchev–Trinajstić information content (AvgIpc) is 3.31. The highest BCUT2D eigenvalue weighted by Crippen LogP contribution is 2.33. The van der Waals surface area contributed by atoms with Gasteiger partial charge in [0.25, 0.3) is 0 Å². The van der Waals surface area contributed by atoms with Gasteiger partial charge in [-0.15, -0.1) is 0 Å². The third kappa shape index (κ3) is 4.21. The maximum Gasteiger partial charge on any atom is 0.0200 e. The number of nitrogens with zero attached hydrogens (tertiary/aromatic N) is 1. The molecule has 2 atom stereocenters. The van der Waals surface area contributed by atoms with Gasteiger partial charge in [0.15, 0.2) is 0 Å². The molecule has 3 fully saturated rings. The van der Waals surface area contributed by atoms with Gasteiger partial charge in [-0.2, -0.15) is 0 Å². The SMILES string of the molecule is CCCCC1CC(NC2CCCCC2)CN(C2CC2)C1. The van der Waals surface area contributed by atoms with Crippen LogP contribution in [0.25, 0.3) is 0 Å². The fourth-order valence-electron chi connectivity index (χ4n) is 4.40. The van der Waals surface area contributed by atoms with Crippen molar-refractivity contribution in [3.8, 4) is 0 Å². The molecular weight excluding hydrogens is 244 g/mol. The van der Waals surface area contributed by atoms with E-state index in [1.807, 2.05) is 0 Å². The van der Waals surface area contributed by atoms with Gasteiger partial charge in [0, 0.05) is 31.2 Å². The molecule has 0 aromatic heterocycles. The van der Waals surface area contributed by atoms with Crippen molar-refractivity contribution in [2.75, 3.05) is 13.1 Å². The van der Waals surface area contributed by atoms with Crippen LogP contribution >= 0.6 is 0 Å². The molecule has 3 rings (SSSR count). The molecule has 0 aromatic carbocycles. The monoisotopic (exact) mass is 278 g/mol. The number of hydrogen-bond acceptors (Lipinski definition) is 2. The van der Waals surface area contributed by atoms with Crippen molar-refractivity contribution in [3.05, 3.63) is 0 Å². The summed E-state index contributed by atoms with van der Waals surface area (Å²) in [6.45, 7) is 5.07. The molecule has 116 valence electrons. The number of nitrogens with one attached hydrogen (secondary N) is 1. The Balaban J connectivity index is 1.51. The Morgan fingerprint density at radius 3 is 2.45 bits per heavy atom. The minimum absolute atomic E-state index is 0.786. The van der Waals surface area contributed by atoms with Crippen LogP contribution in [-0.4, -0.2) is 36.1 Å². The lowest BCUT2D eigenvalue weighted by Gasteiger charge is -2.40. The van der Waals surface area contributed by atoms with Gasteiger partial charge in [0.2, 0.25) is 0 Å². The van der Waals surface area contributed by atoms with Gasteiger partial charge in [0.05, 0.1) is 0 Å². The largest absolute Gasteiger partial charge is 0.310 e. The fraction of sp³-hybridized carbons (Fsp3) is 1.00. The normalized spacial score (nSPS) is 33.5. The number of unbranched alkanes of at least 4 members (excludes halogenated alkanes) is 1. The second-order valence-corrected chi connectivity index (χ2v) is 7.63. The quantitative estimate of drug-likeness (QED) is 0.791. The first kappa shape index (κ1) is 14.8. The average molecular weight is 278 g/mol. The summed E-state index contributed by atoms with van der Waals surface area (Å²) >= 11 is 0. The summed E-state index contributed by atoms with van der Waals surface area (Å²) in [4.78, 5) is 2.82. The number of piperidine rings is 1. The molecule has 0 amide bonds. The molecule has 0 aromatic rings. The van der Waals surface area contributed by atoms with Crippen LogP contribution in [0.1, 0.15) is 77.6 Å². The van der Waals surface area contributed by atoms with E-state index in [1.165, 1.54) is 83.7 Å². The first-order chi connectivity index (χ1) is 9.85. The van der Waals surface area contributed by atoms with E-state index in [0.29, 0.717) is 0 Å². The van der Waals surface area contributed by atoms with E-state index < -0.39 is 0 Å². The fourth-order valence-corrected chi connectivity index (χ4v) is 4.40. The topological polar surface area (TPSA) is 15.3 Å². The summed E-state index contributed by atoms with van der Waals surface area (Å²) in [6, 6.07) is 2.57. The van der Waals surface area contributed by atoms with E-state index >= 15 is 0 Å². The summed E-state index contributed by atoms with van der Waals surface area (Å²) in [5, 5.41) is 4.04. The maximum atomic E-state index is 4.04. The zero-order valence-corrected chi connectivity index (χ0v) is 13.4. The molecule has 1 aliphatic heterocycles. The molecule has 2 saturated carbocycles. The van der Waals surface area contributed by atoms with E-state index in [-0.39, 0.29) is 0 Å². The van der Waals surface area contributed by atoms with Crippen LogP contribution in [0.3, 0.4) is 0 Å². The Kier molecular flexibility index (Phi) is 5.39. The second-order valence-electron chi connectivity index (χ2n) is 7.63. The molecule has 2 heteroatoms. The van der Waals surface area contributed by atoms with Crippen molar-refractivity contribution in [2.45, 2.75) is 95.7 Å². The van der Waals surface area contributed by atoms with Crippen molar-refractivity contribution in [2.24, 2.45) is 5.92 Å². The van der Waals surface area contributed by atoms with Gasteiger partial charge < -0.3 is 5.32 Å². The van der Waals surface area contributed by atoms with Gasteiger partial charge in [-0.1, -0.05) is 39.0 Å². The standard InChI is InChI=1S/C18H34N2/c1-2-3-7-15-12-17(14-20(13-15)18-10-11-18)19-16-8-5-4-6-9-16/h15-19H,2-14H2,1H3. The smallest absolute Gasteiger partial charge is 0.0200 e. The van der Waals surface area contributed by atoms with Gasteiger partial charge in [-0.25, -0.2) is 0 Å². The maximum absolute atomic E-state index is 4.04. The van der Waals surface area contributed by atoms with Crippen molar-refractivity contribution >= 4 is 0 Å². The third-order valence-corrected chi connectivity index (χ3v) is 5.67. The summed E-state index contributed by atoms with van der Waals surface area (Å²) in [6.07, 6.45) is 15.9. The number of hydrogen-bond donors (Lipinski definition) is 1. The molecule has 2 nitrogen and oxygen atoms in total. The Morgan fingerprint density at radius 1 is 0.950 bits per heavy atom. The molecular formula is C18H34N2. The first-order valence-corrected chi connectivity index (χ1v) is 9.35. The number of rotatable bonds is 6. The zero-order chi connectivity index (χ0) is 13.8. The van der Waals surface area contributed by atoms with Crippen LogP contribution in [-0.2, 0) is 0 Å². The summed E-state index contributed by atoms with van der Waals surface area (Å²) in [5.74, 6) is 0.963. The molecule has 0 spiro atoms. The van der Waals surface area contributed by atoms with Gasteiger partial charge in [0.1, 0.15) is 0 Å². The van der Waals surface area contributed by atoms with Gasteiger partial charge in [-0.3, -0.25) is 4.90 Å². The van der Waals surface area contributed by atoms with E-state index in [1.54, 1.807) is 0 Å². The Bertz CT molecular complexity index is 281. The molecule has 2 unspecified atom stereocenters. The van der Waals surface area contributed by atoms with Crippen molar-refractivity contribution in [1.29, 1.82) is 0 Å². The number of likely N-dealkylation sites (tertiary alicyclic amines) is 1. The predicted molar refractivity (Wildman–Crippen MR) is 86.0 cm³/mol. The summed E-state index contributed by atoms with van der Waals surface area (Å²) in [7, 11) is 0. The molecule has 0 radical (unpaired) electrons. The Labute approximate surface area is 125 Å². The minimum atomic E-state index is 0.786. The second kappa shape index (κ2) is 7.26. The molecule has 20 heavy (non-hydrogen) atoms. The molecule has 1 N–H and O–H groups in total. The van der Waals surface area contributed by atoms with Gasteiger partial charge >= 0.3 is 0 Å². The predicted octanol–water partition coefficient (Wildman–Crippen LogP) is 3.95. The van der Waals surface area contributed by atoms with Crippen molar-refractivity contribution in [1.82, 2.24) is 10.2 Å². The molecule has 1 saturated heterocycles. The molecule has 1 heterocycles. The van der Waals surface area contributed by atoms with Crippen molar-refractivity contribution in [3.63, 3.8) is 0 Å². The minimum Gasteiger partial charge on any atom is -0.310 e. The first-order valence-electron chi connectivity index (χ1n) is 9.35. The highest BCUT2D eigenvalue weighted by molar-refractivity contribution is 4.93. The molecule has 0 bridgehead atoms. The van der Waals surface area contributed by atoms with E-state index in [9.17, 15) is 0 Å². The van der Waals surface area contributed by atoms with E-state index in [2.05, 4.69) is 17.1 Å². The summed E-state index contributed by atoms with van der Waals surface area (Å²) in [5.41, 5.74) is 0. The van der Waals surface area contributed by atoms with Gasteiger partial charge in [-0.05, 0) is 44.4 Å². The lowest BCUT2D eigenvalue weighted by atomic mass is 9.88. The Hall–Kier alpha value is -0.0800. The Morgan fingerprint density at radius 2 is 1.75 bits per heavy atom. The van der Waals surface area contributed by atoms with Crippen LogP contribution in [0.4, 0.5) is 0 Å².